The summed E-state index contributed by atoms with van der Waals surface area (Å²) in [6.45, 7) is 0.828. The van der Waals surface area contributed by atoms with Gasteiger partial charge in [0.25, 0.3) is 0 Å². The van der Waals surface area contributed by atoms with Gasteiger partial charge in [-0.05, 0) is 86.2 Å². The van der Waals surface area contributed by atoms with E-state index in [1.54, 1.807) is 66.5 Å². The molecule has 39 heavy (non-hydrogen) atoms. The van der Waals surface area contributed by atoms with Crippen LogP contribution in [-0.4, -0.2) is 61.2 Å². The summed E-state index contributed by atoms with van der Waals surface area (Å²) in [4.78, 5) is 45.5. The summed E-state index contributed by atoms with van der Waals surface area (Å²) >= 11 is 0. The van der Waals surface area contributed by atoms with Crippen molar-refractivity contribution >= 4 is 40.6 Å². The molecular weight excluding hydrogens is 499 g/mol. The molecule has 1 atom stereocenters. The van der Waals surface area contributed by atoms with E-state index in [4.69, 9.17) is 4.99 Å². The normalized spacial score (nSPS) is 14.7. The number of halogens is 1. The Bertz CT molecular complexity index is 1420. The third-order valence-corrected chi connectivity index (χ3v) is 6.55. The minimum atomic E-state index is -0.971. The Kier molecular flexibility index (Phi) is 8.51. The molecule has 0 fully saturated rings. The Morgan fingerprint density at radius 1 is 1.03 bits per heavy atom. The van der Waals surface area contributed by atoms with Crippen molar-refractivity contribution in [2.45, 2.75) is 25.2 Å². The first-order chi connectivity index (χ1) is 18.6. The molecule has 2 amide bonds. The van der Waals surface area contributed by atoms with E-state index >= 15 is 0 Å². The van der Waals surface area contributed by atoms with Gasteiger partial charge in [0.1, 0.15) is 11.7 Å². The van der Waals surface area contributed by atoms with Crippen LogP contribution in [0.25, 0.3) is 0 Å². The molecule has 9 heteroatoms. The first-order valence-corrected chi connectivity index (χ1v) is 12.6. The standard InChI is InChI=1S/C30H31FN4O4/c1-34(2)15-5-8-26(36)35(3)23-12-10-22(11-13-23)32-29(20-7-4-6-19(16-20)17-27(37)38)28-24-14-9-21(31)18-25(24)33-30(28)39/h4,6-7,9-14,16,18,28H,5,8,15,17H2,1-3H3,(H,33,39)(H,37,38). The number of carbonyl (C=O) groups is 3. The summed E-state index contributed by atoms with van der Waals surface area (Å²) in [5, 5.41) is 12.0. The van der Waals surface area contributed by atoms with Gasteiger partial charge in [-0.15, -0.1) is 0 Å². The zero-order valence-electron chi connectivity index (χ0n) is 22.1. The molecule has 0 bridgehead atoms. The third kappa shape index (κ3) is 6.74. The number of aliphatic imine (C=N–C) groups is 1. The summed E-state index contributed by atoms with van der Waals surface area (Å²) in [7, 11) is 5.67. The quantitative estimate of drug-likeness (QED) is 0.373. The highest BCUT2D eigenvalue weighted by Gasteiger charge is 2.35. The molecule has 1 unspecified atom stereocenters. The van der Waals surface area contributed by atoms with Gasteiger partial charge in [-0.3, -0.25) is 19.4 Å². The zero-order valence-corrected chi connectivity index (χ0v) is 22.1. The van der Waals surface area contributed by atoms with E-state index in [0.29, 0.717) is 45.9 Å². The monoisotopic (exact) mass is 530 g/mol. The SMILES string of the molecule is CN(C)CCCC(=O)N(C)c1ccc(N=C(c2cccc(CC(=O)O)c2)C2C(=O)Nc3cc(F)ccc32)cc1. The van der Waals surface area contributed by atoms with E-state index in [9.17, 15) is 23.9 Å². The van der Waals surface area contributed by atoms with Crippen molar-refractivity contribution in [3.05, 3.63) is 89.2 Å². The molecule has 0 spiro atoms. The Morgan fingerprint density at radius 2 is 1.77 bits per heavy atom. The van der Waals surface area contributed by atoms with Crippen molar-refractivity contribution < 1.29 is 23.9 Å². The molecule has 0 saturated heterocycles. The number of benzene rings is 3. The largest absolute Gasteiger partial charge is 0.481 e. The maximum atomic E-state index is 13.9. The average Bonchev–Trinajstić information content (AvgIpc) is 3.21. The number of carboxylic acid groups (broad SMARTS) is 1. The Morgan fingerprint density at radius 3 is 2.46 bits per heavy atom. The molecule has 0 aromatic heterocycles. The van der Waals surface area contributed by atoms with Gasteiger partial charge in [-0.2, -0.15) is 0 Å². The highest BCUT2D eigenvalue weighted by atomic mass is 19.1. The van der Waals surface area contributed by atoms with Crippen LogP contribution in [0.1, 0.15) is 35.4 Å². The van der Waals surface area contributed by atoms with Gasteiger partial charge in [0.15, 0.2) is 0 Å². The van der Waals surface area contributed by atoms with Crippen molar-refractivity contribution in [1.29, 1.82) is 0 Å². The first-order valence-electron chi connectivity index (χ1n) is 12.6. The van der Waals surface area contributed by atoms with Crippen LogP contribution in [-0.2, 0) is 20.8 Å². The second-order valence-corrected chi connectivity index (χ2v) is 9.80. The fourth-order valence-corrected chi connectivity index (χ4v) is 4.57. The lowest BCUT2D eigenvalue weighted by molar-refractivity contribution is -0.136. The number of aliphatic carboxylic acids is 1. The van der Waals surface area contributed by atoms with Gasteiger partial charge in [0.2, 0.25) is 11.8 Å². The summed E-state index contributed by atoms with van der Waals surface area (Å²) in [6.07, 6.45) is 1.02. The van der Waals surface area contributed by atoms with Crippen LogP contribution in [0, 0.1) is 5.82 Å². The van der Waals surface area contributed by atoms with Crippen molar-refractivity contribution in [3.8, 4) is 0 Å². The molecule has 3 aromatic rings. The van der Waals surface area contributed by atoms with Gasteiger partial charge in [0.05, 0.1) is 17.8 Å². The fraction of sp³-hybridized carbons (Fsp3) is 0.267. The van der Waals surface area contributed by atoms with E-state index in [-0.39, 0.29) is 18.2 Å². The second-order valence-electron chi connectivity index (χ2n) is 9.80. The van der Waals surface area contributed by atoms with E-state index in [1.807, 2.05) is 19.0 Å². The topological polar surface area (TPSA) is 102 Å². The molecule has 2 N–H and O–H groups in total. The number of rotatable bonds is 10. The van der Waals surface area contributed by atoms with Crippen molar-refractivity contribution in [2.24, 2.45) is 4.99 Å². The lowest BCUT2D eigenvalue weighted by Gasteiger charge is -2.18. The summed E-state index contributed by atoms with van der Waals surface area (Å²) in [5.74, 6) is -2.59. The van der Waals surface area contributed by atoms with Crippen molar-refractivity contribution in [1.82, 2.24) is 4.90 Å². The number of hydrogen-bond acceptors (Lipinski definition) is 5. The van der Waals surface area contributed by atoms with Gasteiger partial charge in [-0.1, -0.05) is 24.3 Å². The molecule has 1 aliphatic heterocycles. The number of carbonyl (C=O) groups excluding carboxylic acids is 2. The van der Waals surface area contributed by atoms with Crippen LogP contribution in [0.2, 0.25) is 0 Å². The van der Waals surface area contributed by atoms with Gasteiger partial charge in [0, 0.05) is 24.8 Å². The maximum absolute atomic E-state index is 13.9. The molecule has 0 saturated carbocycles. The Labute approximate surface area is 226 Å². The average molecular weight is 531 g/mol. The molecule has 1 aliphatic rings. The number of amides is 2. The number of nitrogens with one attached hydrogen (secondary N) is 1. The number of anilines is 2. The maximum Gasteiger partial charge on any atom is 0.307 e. The Hall–Kier alpha value is -4.37. The van der Waals surface area contributed by atoms with Crippen LogP contribution in [0.3, 0.4) is 0 Å². The van der Waals surface area contributed by atoms with Crippen molar-refractivity contribution in [2.75, 3.05) is 37.9 Å². The number of carboxylic acids is 1. The van der Waals surface area contributed by atoms with Gasteiger partial charge >= 0.3 is 5.97 Å². The Balaban J connectivity index is 1.68. The lowest BCUT2D eigenvalue weighted by Crippen LogP contribution is -2.27. The van der Waals surface area contributed by atoms with Crippen LogP contribution in [0.15, 0.2) is 71.7 Å². The van der Waals surface area contributed by atoms with Crippen LogP contribution < -0.4 is 10.2 Å². The number of fused-ring (bicyclic) bond motifs is 1. The molecule has 8 nitrogen and oxygen atoms in total. The molecule has 1 heterocycles. The van der Waals surface area contributed by atoms with Gasteiger partial charge in [-0.25, -0.2) is 4.39 Å². The van der Waals surface area contributed by atoms with E-state index in [2.05, 4.69) is 5.32 Å². The van der Waals surface area contributed by atoms with Crippen LogP contribution >= 0.6 is 0 Å². The number of nitrogens with zero attached hydrogens (tertiary/aromatic N) is 3. The highest BCUT2D eigenvalue weighted by molar-refractivity contribution is 6.24. The minimum Gasteiger partial charge on any atom is -0.481 e. The molecule has 202 valence electrons. The summed E-state index contributed by atoms with van der Waals surface area (Å²) in [6, 6.07) is 18.1. The predicted octanol–water partition coefficient (Wildman–Crippen LogP) is 4.61. The smallest absolute Gasteiger partial charge is 0.307 e. The predicted molar refractivity (Wildman–Crippen MR) is 149 cm³/mol. The van der Waals surface area contributed by atoms with Gasteiger partial charge < -0.3 is 20.2 Å². The second kappa shape index (κ2) is 12.0. The molecule has 3 aromatic carbocycles. The third-order valence-electron chi connectivity index (χ3n) is 6.55. The first kappa shape index (κ1) is 27.7. The molecular formula is C30H31FN4O4. The van der Waals surface area contributed by atoms with E-state index in [0.717, 1.165) is 13.0 Å². The molecule has 0 aliphatic carbocycles. The van der Waals surface area contributed by atoms with Crippen LogP contribution in [0.4, 0.5) is 21.5 Å². The minimum absolute atomic E-state index is 0.00972. The fourth-order valence-electron chi connectivity index (χ4n) is 4.57. The zero-order chi connectivity index (χ0) is 28.1. The number of hydrogen-bond donors (Lipinski definition) is 2. The summed E-state index contributed by atoms with van der Waals surface area (Å²) < 4.78 is 13.9. The highest BCUT2D eigenvalue weighted by Crippen LogP contribution is 2.37. The van der Waals surface area contributed by atoms with Crippen molar-refractivity contribution in [3.63, 3.8) is 0 Å². The van der Waals surface area contributed by atoms with Crippen LogP contribution in [0.5, 0.6) is 0 Å². The summed E-state index contributed by atoms with van der Waals surface area (Å²) in [5.41, 5.74) is 3.79. The van der Waals surface area contributed by atoms with E-state index < -0.39 is 17.7 Å². The van der Waals surface area contributed by atoms with E-state index in [1.165, 1.54) is 12.1 Å². The molecule has 0 radical (unpaired) electrons. The lowest BCUT2D eigenvalue weighted by atomic mass is 9.89. The molecule has 4 rings (SSSR count).